The molecule has 0 aliphatic rings. The van der Waals surface area contributed by atoms with Crippen molar-refractivity contribution in [3.63, 3.8) is 0 Å². The van der Waals surface area contributed by atoms with Gasteiger partial charge in [0.25, 0.3) is 5.69 Å². The third-order valence-electron chi connectivity index (χ3n) is 2.86. The fourth-order valence-electron chi connectivity index (χ4n) is 1.70. The molecule has 11 nitrogen and oxygen atoms in total. The second-order valence-electron chi connectivity index (χ2n) is 4.63. The van der Waals surface area contributed by atoms with Gasteiger partial charge in [-0.15, -0.1) is 0 Å². The van der Waals surface area contributed by atoms with Crippen molar-refractivity contribution in [2.24, 2.45) is 10.2 Å². The van der Waals surface area contributed by atoms with Crippen LogP contribution in [-0.2, 0) is 4.79 Å². The number of non-ortho nitro benzene ring substituents is 1. The Bertz CT molecular complexity index is 907. The number of aromatic hydroxyl groups is 1. The van der Waals surface area contributed by atoms with Gasteiger partial charge in [-0.25, -0.2) is 4.79 Å². The topological polar surface area (TPSA) is 158 Å². The van der Waals surface area contributed by atoms with Crippen LogP contribution in [0.2, 0.25) is 0 Å². The molecule has 0 atom stereocenters. The highest BCUT2D eigenvalue weighted by Gasteiger charge is 2.21. The summed E-state index contributed by atoms with van der Waals surface area (Å²) in [6, 6.07) is 8.34. The van der Waals surface area contributed by atoms with Crippen molar-refractivity contribution in [2.75, 3.05) is 0 Å². The van der Waals surface area contributed by atoms with Gasteiger partial charge in [-0.05, 0) is 24.3 Å². The Kier molecular flexibility index (Phi) is 5.67. The molecule has 26 heavy (non-hydrogen) atoms. The molecular weight excluding hydrogens is 348 g/mol. The molecule has 0 fully saturated rings. The summed E-state index contributed by atoms with van der Waals surface area (Å²) in [7, 11) is 0. The Hall–Kier alpha value is -4.15. The van der Waals surface area contributed by atoms with E-state index in [-0.39, 0.29) is 5.75 Å². The monoisotopic (exact) mass is 358 g/mol. The molecule has 0 saturated carbocycles. The maximum atomic E-state index is 11.7. The van der Waals surface area contributed by atoms with E-state index >= 15 is 0 Å². The average molecular weight is 358 g/mol. The number of carbonyl (C=O) groups excluding carboxylic acids is 1. The Morgan fingerprint density at radius 2 is 1.77 bits per heavy atom. The van der Waals surface area contributed by atoms with E-state index in [0.717, 1.165) is 30.5 Å². The Labute approximate surface area is 145 Å². The molecule has 0 aliphatic carbocycles. The first-order valence-electron chi connectivity index (χ1n) is 6.88. The molecule has 0 saturated heterocycles. The second kappa shape index (κ2) is 8.10. The highest BCUT2D eigenvalue weighted by molar-refractivity contribution is 5.84. The fourth-order valence-corrected chi connectivity index (χ4v) is 1.70. The van der Waals surface area contributed by atoms with E-state index in [0.29, 0.717) is 5.69 Å². The minimum absolute atomic E-state index is 0.0571. The molecule has 0 amide bonds. The van der Waals surface area contributed by atoms with Gasteiger partial charge < -0.3 is 9.84 Å². The number of carbonyl (C=O) groups is 1. The number of azo groups is 1. The van der Waals surface area contributed by atoms with Gasteiger partial charge in [-0.1, -0.05) is 0 Å². The van der Waals surface area contributed by atoms with Gasteiger partial charge in [0.1, 0.15) is 5.75 Å². The van der Waals surface area contributed by atoms with Crippen molar-refractivity contribution in [2.45, 2.75) is 0 Å². The molecule has 11 heteroatoms. The quantitative estimate of drug-likeness (QED) is 0.207. The van der Waals surface area contributed by atoms with Crippen LogP contribution in [0, 0.1) is 20.2 Å². The number of phenols is 1. The van der Waals surface area contributed by atoms with E-state index in [1.807, 2.05) is 0 Å². The summed E-state index contributed by atoms with van der Waals surface area (Å²) in [6.45, 7) is 0. The number of ether oxygens (including phenoxy) is 1. The predicted octanol–water partition coefficient (Wildman–Crippen LogP) is 3.41. The standard InChI is InChI=1S/C15H10N4O7/c20-12-4-1-10(2-5-12)17-16-8-7-15(21)26-14-9-11(18(22)23)3-6-13(14)19(24)25/h1-9,20H/b8-7+,17-16?. The van der Waals surface area contributed by atoms with E-state index in [2.05, 4.69) is 10.2 Å². The number of hydrogen-bond acceptors (Lipinski definition) is 9. The van der Waals surface area contributed by atoms with Crippen LogP contribution >= 0.6 is 0 Å². The summed E-state index contributed by atoms with van der Waals surface area (Å²) >= 11 is 0. The molecule has 0 unspecified atom stereocenters. The molecule has 0 radical (unpaired) electrons. The van der Waals surface area contributed by atoms with Crippen molar-refractivity contribution in [3.8, 4) is 11.5 Å². The van der Waals surface area contributed by atoms with E-state index in [1.54, 1.807) is 0 Å². The highest BCUT2D eigenvalue weighted by atomic mass is 16.6. The molecule has 2 aromatic carbocycles. The smallest absolute Gasteiger partial charge is 0.338 e. The predicted molar refractivity (Wildman–Crippen MR) is 87.1 cm³/mol. The van der Waals surface area contributed by atoms with Gasteiger partial charge in [0, 0.05) is 18.2 Å². The molecule has 0 bridgehead atoms. The molecule has 2 aromatic rings. The van der Waals surface area contributed by atoms with Crippen molar-refractivity contribution in [3.05, 3.63) is 75.0 Å². The summed E-state index contributed by atoms with van der Waals surface area (Å²) in [4.78, 5) is 31.7. The number of esters is 1. The van der Waals surface area contributed by atoms with Gasteiger partial charge in [0.15, 0.2) is 0 Å². The molecule has 0 aliphatic heterocycles. The van der Waals surface area contributed by atoms with Gasteiger partial charge in [-0.3, -0.25) is 20.2 Å². The zero-order valence-electron chi connectivity index (χ0n) is 12.9. The van der Waals surface area contributed by atoms with Crippen LogP contribution in [0.25, 0.3) is 0 Å². The third-order valence-corrected chi connectivity index (χ3v) is 2.86. The van der Waals surface area contributed by atoms with Gasteiger partial charge in [-0.2, -0.15) is 10.2 Å². The van der Waals surface area contributed by atoms with E-state index in [9.17, 15) is 25.0 Å². The molecule has 0 heterocycles. The minimum atomic E-state index is -1.03. The summed E-state index contributed by atoms with van der Waals surface area (Å²) in [5.41, 5.74) is -0.646. The summed E-state index contributed by atoms with van der Waals surface area (Å²) in [5.74, 6) is -1.53. The summed E-state index contributed by atoms with van der Waals surface area (Å²) in [6.07, 6.45) is 1.82. The third kappa shape index (κ3) is 4.92. The van der Waals surface area contributed by atoms with Crippen LogP contribution in [0.15, 0.2) is 65.0 Å². The Morgan fingerprint density at radius 1 is 1.08 bits per heavy atom. The first kappa shape index (κ1) is 18.2. The van der Waals surface area contributed by atoms with Crippen molar-refractivity contribution in [1.29, 1.82) is 0 Å². The highest BCUT2D eigenvalue weighted by Crippen LogP contribution is 2.31. The van der Waals surface area contributed by atoms with E-state index in [1.165, 1.54) is 24.3 Å². The lowest BCUT2D eigenvalue weighted by atomic mass is 10.2. The fraction of sp³-hybridized carbons (Fsp3) is 0. The molecular formula is C15H10N4O7. The first-order chi connectivity index (χ1) is 12.4. The van der Waals surface area contributed by atoms with E-state index in [4.69, 9.17) is 9.84 Å². The molecule has 0 aromatic heterocycles. The molecule has 132 valence electrons. The number of nitrogens with zero attached hydrogens (tertiary/aromatic N) is 4. The van der Waals surface area contributed by atoms with E-state index < -0.39 is 32.9 Å². The molecule has 2 rings (SSSR count). The van der Waals surface area contributed by atoms with Gasteiger partial charge in [0.2, 0.25) is 5.75 Å². The summed E-state index contributed by atoms with van der Waals surface area (Å²) in [5, 5.41) is 38.1. The maximum absolute atomic E-state index is 11.7. The Balaban J connectivity index is 2.08. The zero-order valence-corrected chi connectivity index (χ0v) is 12.9. The normalized spacial score (nSPS) is 10.9. The number of hydrogen-bond donors (Lipinski definition) is 1. The number of benzene rings is 2. The lowest BCUT2D eigenvalue weighted by Crippen LogP contribution is -2.06. The van der Waals surface area contributed by atoms with Crippen LogP contribution in [0.4, 0.5) is 17.1 Å². The van der Waals surface area contributed by atoms with Crippen LogP contribution in [0.1, 0.15) is 0 Å². The largest absolute Gasteiger partial charge is 0.508 e. The van der Waals surface area contributed by atoms with Gasteiger partial charge >= 0.3 is 11.7 Å². The SMILES string of the molecule is O=C(/C=C/N=Nc1ccc(O)cc1)Oc1cc([N+](=O)[O-])ccc1[N+](=O)[O-]. The number of rotatable bonds is 6. The molecule has 0 spiro atoms. The number of phenolic OH excluding ortho intramolecular Hbond substituents is 1. The van der Waals surface area contributed by atoms with Crippen molar-refractivity contribution < 1.29 is 24.5 Å². The maximum Gasteiger partial charge on any atom is 0.338 e. The lowest BCUT2D eigenvalue weighted by molar-refractivity contribution is -0.389. The zero-order chi connectivity index (χ0) is 19.1. The van der Waals surface area contributed by atoms with Crippen LogP contribution in [0.3, 0.4) is 0 Å². The average Bonchev–Trinajstić information content (AvgIpc) is 2.60. The minimum Gasteiger partial charge on any atom is -0.508 e. The molecule has 1 N–H and O–H groups in total. The van der Waals surface area contributed by atoms with Crippen LogP contribution in [0.5, 0.6) is 11.5 Å². The van der Waals surface area contributed by atoms with Crippen LogP contribution < -0.4 is 4.74 Å². The summed E-state index contributed by atoms with van der Waals surface area (Å²) < 4.78 is 4.76. The van der Waals surface area contributed by atoms with Crippen LogP contribution in [-0.4, -0.2) is 20.9 Å². The van der Waals surface area contributed by atoms with Gasteiger partial charge in [0.05, 0.1) is 27.8 Å². The lowest BCUT2D eigenvalue weighted by Gasteiger charge is -2.02. The van der Waals surface area contributed by atoms with Crippen molar-refractivity contribution in [1.82, 2.24) is 0 Å². The number of nitro groups is 2. The first-order valence-corrected chi connectivity index (χ1v) is 6.88. The Morgan fingerprint density at radius 3 is 2.38 bits per heavy atom. The van der Waals surface area contributed by atoms with Crippen molar-refractivity contribution >= 4 is 23.0 Å². The number of nitro benzene ring substituents is 2. The second-order valence-corrected chi connectivity index (χ2v) is 4.63.